The largest absolute Gasteiger partial charge is 0.479 e. The van der Waals surface area contributed by atoms with Gasteiger partial charge in [0, 0.05) is 38.6 Å². The predicted molar refractivity (Wildman–Crippen MR) is 89.7 cm³/mol. The van der Waals surface area contributed by atoms with E-state index in [1.807, 2.05) is 43.3 Å². The topological polar surface area (TPSA) is 59.4 Å². The maximum Gasteiger partial charge on any atom is 0.259 e. The maximum atomic E-state index is 12.1. The Kier molecular flexibility index (Phi) is 5.26. The van der Waals surface area contributed by atoms with Crippen LogP contribution < -0.4 is 15.0 Å². The molecule has 0 bridgehead atoms. The number of hydrogen-bond donors (Lipinski definition) is 1. The van der Waals surface area contributed by atoms with Crippen molar-refractivity contribution in [1.29, 1.82) is 0 Å². The van der Waals surface area contributed by atoms with E-state index < -0.39 is 0 Å². The Morgan fingerprint density at radius 2 is 2.04 bits per heavy atom. The Morgan fingerprint density at radius 3 is 2.65 bits per heavy atom. The standard InChI is InChI=1S/C17H20N4O2/c1-20(2)14-9-7-13(8-10-14)6-5-11-18-16(22)15-12-21(3)19-17(15)23-4/h7-10,12H,11H2,1-4H3,(H,18,22). The fraction of sp³-hybridized carbons (Fsp3) is 0.294. The molecule has 0 spiro atoms. The van der Waals surface area contributed by atoms with E-state index in [0.29, 0.717) is 11.4 Å². The summed E-state index contributed by atoms with van der Waals surface area (Å²) in [5.41, 5.74) is 2.42. The van der Waals surface area contributed by atoms with Gasteiger partial charge in [-0.3, -0.25) is 9.48 Å². The number of aromatic nitrogens is 2. The third kappa shape index (κ3) is 4.27. The summed E-state index contributed by atoms with van der Waals surface area (Å²) in [6.07, 6.45) is 1.61. The summed E-state index contributed by atoms with van der Waals surface area (Å²) in [5.74, 6) is 5.99. The summed E-state index contributed by atoms with van der Waals surface area (Å²) in [5, 5.41) is 6.77. The van der Waals surface area contributed by atoms with Crippen molar-refractivity contribution < 1.29 is 9.53 Å². The number of nitrogens with one attached hydrogen (secondary N) is 1. The van der Waals surface area contributed by atoms with Crippen LogP contribution in [0.1, 0.15) is 15.9 Å². The molecule has 0 fully saturated rings. The van der Waals surface area contributed by atoms with Crippen LogP contribution in [-0.4, -0.2) is 43.4 Å². The average molecular weight is 312 g/mol. The zero-order chi connectivity index (χ0) is 16.8. The molecule has 1 aromatic carbocycles. The molecular weight excluding hydrogens is 292 g/mol. The van der Waals surface area contributed by atoms with Gasteiger partial charge >= 0.3 is 0 Å². The molecule has 2 aromatic rings. The summed E-state index contributed by atoms with van der Waals surface area (Å²) in [6.45, 7) is 0.256. The number of benzene rings is 1. The van der Waals surface area contributed by atoms with Gasteiger partial charge in [0.2, 0.25) is 5.88 Å². The number of methoxy groups -OCH3 is 1. The fourth-order valence-corrected chi connectivity index (χ4v) is 1.98. The lowest BCUT2D eigenvalue weighted by molar-refractivity contribution is 0.0955. The highest BCUT2D eigenvalue weighted by molar-refractivity contribution is 5.96. The van der Waals surface area contributed by atoms with E-state index in [-0.39, 0.29) is 12.5 Å². The second-order valence-corrected chi connectivity index (χ2v) is 5.15. The number of carbonyl (C=O) groups is 1. The first-order valence-electron chi connectivity index (χ1n) is 7.13. The molecule has 0 aliphatic carbocycles. The SMILES string of the molecule is COc1nn(C)cc1C(=O)NCC#Cc1ccc(N(C)C)cc1. The minimum Gasteiger partial charge on any atom is -0.479 e. The van der Waals surface area contributed by atoms with Crippen LogP contribution >= 0.6 is 0 Å². The zero-order valence-corrected chi connectivity index (χ0v) is 13.8. The van der Waals surface area contributed by atoms with Crippen LogP contribution in [0.5, 0.6) is 5.88 Å². The Morgan fingerprint density at radius 1 is 1.35 bits per heavy atom. The summed E-state index contributed by atoms with van der Waals surface area (Å²) in [6, 6.07) is 7.91. The van der Waals surface area contributed by atoms with Crippen molar-refractivity contribution in [3.8, 4) is 17.7 Å². The molecule has 1 heterocycles. The van der Waals surface area contributed by atoms with Crippen LogP contribution in [-0.2, 0) is 7.05 Å². The van der Waals surface area contributed by atoms with Crippen molar-refractivity contribution in [3.05, 3.63) is 41.6 Å². The molecule has 2 rings (SSSR count). The summed E-state index contributed by atoms with van der Waals surface area (Å²) in [4.78, 5) is 14.1. The van der Waals surface area contributed by atoms with E-state index in [9.17, 15) is 4.79 Å². The first-order valence-corrected chi connectivity index (χ1v) is 7.13. The average Bonchev–Trinajstić information content (AvgIpc) is 2.93. The quantitative estimate of drug-likeness (QED) is 0.864. The van der Waals surface area contributed by atoms with Gasteiger partial charge in [0.1, 0.15) is 5.56 Å². The lowest BCUT2D eigenvalue weighted by Crippen LogP contribution is -2.23. The molecule has 0 aliphatic rings. The van der Waals surface area contributed by atoms with Crippen LogP contribution in [0.3, 0.4) is 0 Å². The molecule has 0 unspecified atom stereocenters. The number of nitrogens with zero attached hydrogens (tertiary/aromatic N) is 3. The lowest BCUT2D eigenvalue weighted by atomic mass is 10.2. The van der Waals surface area contributed by atoms with Crippen molar-refractivity contribution in [2.45, 2.75) is 0 Å². The van der Waals surface area contributed by atoms with E-state index >= 15 is 0 Å². The predicted octanol–water partition coefficient (Wildman–Crippen LogP) is 1.28. The molecule has 0 saturated carbocycles. The van der Waals surface area contributed by atoms with Gasteiger partial charge in [0.15, 0.2) is 0 Å². The summed E-state index contributed by atoms with van der Waals surface area (Å²) in [7, 11) is 7.19. The van der Waals surface area contributed by atoms with Gasteiger partial charge in [0.05, 0.1) is 13.7 Å². The van der Waals surface area contributed by atoms with Crippen LogP contribution in [0.15, 0.2) is 30.5 Å². The minimum atomic E-state index is -0.257. The molecule has 0 radical (unpaired) electrons. The van der Waals surface area contributed by atoms with Gasteiger partial charge in [0.25, 0.3) is 5.91 Å². The molecule has 0 aliphatic heterocycles. The lowest BCUT2D eigenvalue weighted by Gasteiger charge is -2.11. The van der Waals surface area contributed by atoms with Gasteiger partial charge in [-0.2, -0.15) is 0 Å². The first kappa shape index (κ1) is 16.4. The van der Waals surface area contributed by atoms with Crippen molar-refractivity contribution in [1.82, 2.24) is 15.1 Å². The highest BCUT2D eigenvalue weighted by atomic mass is 16.5. The molecule has 6 heteroatoms. The van der Waals surface area contributed by atoms with Crippen molar-refractivity contribution in [2.75, 3.05) is 32.6 Å². The molecule has 0 atom stereocenters. The van der Waals surface area contributed by atoms with E-state index in [1.165, 1.54) is 11.8 Å². The normalized spacial score (nSPS) is 9.74. The molecule has 6 nitrogen and oxygen atoms in total. The van der Waals surface area contributed by atoms with Crippen molar-refractivity contribution in [2.24, 2.45) is 7.05 Å². The van der Waals surface area contributed by atoms with Crippen LogP contribution in [0.4, 0.5) is 5.69 Å². The summed E-state index contributed by atoms with van der Waals surface area (Å²) < 4.78 is 6.59. The van der Waals surface area contributed by atoms with E-state index in [1.54, 1.807) is 13.2 Å². The number of aryl methyl sites for hydroxylation is 1. The second-order valence-electron chi connectivity index (χ2n) is 5.15. The number of rotatable bonds is 4. The molecule has 1 amide bonds. The number of carbonyl (C=O) groups excluding carboxylic acids is 1. The van der Waals surface area contributed by atoms with Crippen LogP contribution in [0, 0.1) is 11.8 Å². The molecule has 1 aromatic heterocycles. The highest BCUT2D eigenvalue weighted by Gasteiger charge is 2.15. The molecule has 1 N–H and O–H groups in total. The van der Waals surface area contributed by atoms with Gasteiger partial charge in [-0.1, -0.05) is 11.8 Å². The van der Waals surface area contributed by atoms with Crippen molar-refractivity contribution >= 4 is 11.6 Å². The van der Waals surface area contributed by atoms with E-state index in [4.69, 9.17) is 4.74 Å². The Bertz CT molecular complexity index is 736. The van der Waals surface area contributed by atoms with Gasteiger partial charge in [-0.25, -0.2) is 0 Å². The Hall–Kier alpha value is -2.94. The molecule has 0 saturated heterocycles. The van der Waals surface area contributed by atoms with E-state index in [0.717, 1.165) is 11.3 Å². The first-order chi connectivity index (χ1) is 11.0. The number of ether oxygens (including phenoxy) is 1. The fourth-order valence-electron chi connectivity index (χ4n) is 1.98. The smallest absolute Gasteiger partial charge is 0.259 e. The number of amides is 1. The minimum absolute atomic E-state index is 0.256. The van der Waals surface area contributed by atoms with Gasteiger partial charge < -0.3 is 15.0 Å². The van der Waals surface area contributed by atoms with Gasteiger partial charge in [-0.15, -0.1) is 5.10 Å². The Labute approximate surface area is 136 Å². The van der Waals surface area contributed by atoms with Crippen LogP contribution in [0.25, 0.3) is 0 Å². The van der Waals surface area contributed by atoms with Crippen LogP contribution in [0.2, 0.25) is 0 Å². The Balaban J connectivity index is 1.93. The molecule has 23 heavy (non-hydrogen) atoms. The molecule has 120 valence electrons. The third-order valence-corrected chi connectivity index (χ3v) is 3.19. The number of anilines is 1. The van der Waals surface area contributed by atoms with E-state index in [2.05, 4.69) is 22.3 Å². The summed E-state index contributed by atoms with van der Waals surface area (Å²) >= 11 is 0. The third-order valence-electron chi connectivity index (χ3n) is 3.19. The van der Waals surface area contributed by atoms with Gasteiger partial charge in [-0.05, 0) is 24.3 Å². The second kappa shape index (κ2) is 7.36. The van der Waals surface area contributed by atoms with Crippen molar-refractivity contribution in [3.63, 3.8) is 0 Å². The monoisotopic (exact) mass is 312 g/mol. The zero-order valence-electron chi connectivity index (χ0n) is 13.8. The molecular formula is C17H20N4O2. The maximum absolute atomic E-state index is 12.1. The number of hydrogen-bond acceptors (Lipinski definition) is 4. The highest BCUT2D eigenvalue weighted by Crippen LogP contribution is 2.14.